The molecule has 9 nitrogen and oxygen atoms in total. The molecule has 1 fully saturated rings. The van der Waals surface area contributed by atoms with E-state index in [2.05, 4.69) is 20.0 Å². The quantitative estimate of drug-likeness (QED) is 0.344. The van der Waals surface area contributed by atoms with Gasteiger partial charge in [0.1, 0.15) is 11.3 Å². The lowest BCUT2D eigenvalue weighted by atomic mass is 9.93. The van der Waals surface area contributed by atoms with Gasteiger partial charge in [0.05, 0.1) is 24.0 Å². The van der Waals surface area contributed by atoms with Gasteiger partial charge in [0, 0.05) is 31.4 Å². The summed E-state index contributed by atoms with van der Waals surface area (Å²) in [6.45, 7) is 4.59. The highest BCUT2D eigenvalue weighted by Crippen LogP contribution is 2.36. The van der Waals surface area contributed by atoms with Gasteiger partial charge in [0.2, 0.25) is 5.88 Å². The van der Waals surface area contributed by atoms with Crippen molar-refractivity contribution in [3.63, 3.8) is 0 Å². The Morgan fingerprint density at radius 2 is 2.07 bits per heavy atom. The predicted octanol–water partition coefficient (Wildman–Crippen LogP) is 3.57. The highest BCUT2D eigenvalue weighted by atomic mass is 35.5. The summed E-state index contributed by atoms with van der Waals surface area (Å²) in [6.07, 6.45) is 3.08. The van der Waals surface area contributed by atoms with E-state index in [1.807, 2.05) is 0 Å². The standard InChI is InChI=1S/C17H20ClN7O2/c1-17(2,22-23-19)13-7-21-15(12-6-20-14(18)5-11(12)13)27-10-8-25(9-10)16(26)24(3)4/h5-7,10H,8-9H2,1-4H3. The average molecular weight is 390 g/mol. The van der Waals surface area contributed by atoms with Crippen LogP contribution in [0.3, 0.4) is 0 Å². The minimum atomic E-state index is -0.811. The fraction of sp³-hybridized carbons (Fsp3) is 0.471. The molecule has 0 radical (unpaired) electrons. The molecule has 2 amide bonds. The van der Waals surface area contributed by atoms with Crippen LogP contribution in [-0.4, -0.2) is 59.1 Å². The maximum absolute atomic E-state index is 11.9. The van der Waals surface area contributed by atoms with E-state index in [4.69, 9.17) is 21.9 Å². The van der Waals surface area contributed by atoms with Gasteiger partial charge in [-0.2, -0.15) is 0 Å². The van der Waals surface area contributed by atoms with Gasteiger partial charge in [0.15, 0.2) is 0 Å². The number of amides is 2. The Balaban J connectivity index is 1.90. The summed E-state index contributed by atoms with van der Waals surface area (Å²) in [6, 6.07) is 1.66. The van der Waals surface area contributed by atoms with Crippen molar-refractivity contribution in [2.24, 2.45) is 5.11 Å². The Morgan fingerprint density at radius 1 is 1.37 bits per heavy atom. The van der Waals surface area contributed by atoms with E-state index < -0.39 is 5.54 Å². The lowest BCUT2D eigenvalue weighted by molar-refractivity contribution is 0.0339. The molecule has 27 heavy (non-hydrogen) atoms. The van der Waals surface area contributed by atoms with Crippen LogP contribution in [0.1, 0.15) is 19.4 Å². The number of fused-ring (bicyclic) bond motifs is 1. The molecule has 2 aromatic rings. The zero-order chi connectivity index (χ0) is 19.8. The first-order chi connectivity index (χ1) is 12.7. The van der Waals surface area contributed by atoms with Crippen molar-refractivity contribution in [3.8, 4) is 5.88 Å². The molecule has 0 bridgehead atoms. The number of urea groups is 1. The number of carbonyl (C=O) groups excluding carboxylic acids is 1. The summed E-state index contributed by atoms with van der Waals surface area (Å²) >= 11 is 6.07. The normalized spacial score (nSPS) is 14.5. The maximum atomic E-state index is 11.9. The van der Waals surface area contributed by atoms with Crippen LogP contribution in [0.5, 0.6) is 5.88 Å². The number of hydrogen-bond donors (Lipinski definition) is 0. The van der Waals surface area contributed by atoms with Crippen molar-refractivity contribution in [1.29, 1.82) is 0 Å². The van der Waals surface area contributed by atoms with E-state index >= 15 is 0 Å². The van der Waals surface area contributed by atoms with Crippen LogP contribution in [-0.2, 0) is 5.54 Å². The summed E-state index contributed by atoms with van der Waals surface area (Å²) in [5.74, 6) is 0.414. The molecule has 3 rings (SSSR count). The zero-order valence-corrected chi connectivity index (χ0v) is 16.3. The summed E-state index contributed by atoms with van der Waals surface area (Å²) in [4.78, 5) is 26.6. The number of aromatic nitrogens is 2. The third kappa shape index (κ3) is 3.70. The number of hydrogen-bond acceptors (Lipinski definition) is 5. The van der Waals surface area contributed by atoms with Gasteiger partial charge in [-0.05, 0) is 22.5 Å². The van der Waals surface area contributed by atoms with Crippen molar-refractivity contribution in [2.75, 3.05) is 27.2 Å². The predicted molar refractivity (Wildman–Crippen MR) is 102 cm³/mol. The van der Waals surface area contributed by atoms with Gasteiger partial charge in [0.25, 0.3) is 0 Å². The van der Waals surface area contributed by atoms with Crippen LogP contribution in [0, 0.1) is 0 Å². The minimum Gasteiger partial charge on any atom is -0.470 e. The third-order valence-corrected chi connectivity index (χ3v) is 4.64. The number of azide groups is 1. The molecule has 0 saturated carbocycles. The molecule has 0 aromatic carbocycles. The molecule has 2 aromatic heterocycles. The first-order valence-electron chi connectivity index (χ1n) is 8.37. The molecule has 3 heterocycles. The van der Waals surface area contributed by atoms with Crippen LogP contribution >= 0.6 is 11.6 Å². The van der Waals surface area contributed by atoms with Gasteiger partial charge in [-0.3, -0.25) is 0 Å². The number of nitrogens with zero attached hydrogens (tertiary/aromatic N) is 7. The molecule has 1 aliphatic heterocycles. The molecule has 1 saturated heterocycles. The monoisotopic (exact) mass is 389 g/mol. The average Bonchev–Trinajstić information content (AvgIpc) is 2.56. The van der Waals surface area contributed by atoms with Gasteiger partial charge in [-0.15, -0.1) is 0 Å². The van der Waals surface area contributed by atoms with Gasteiger partial charge >= 0.3 is 6.03 Å². The number of pyridine rings is 2. The molecule has 10 heteroatoms. The Bertz CT molecular complexity index is 934. The topological polar surface area (TPSA) is 107 Å². The number of ether oxygens (including phenoxy) is 1. The Hall–Kier alpha value is -2.77. The van der Waals surface area contributed by atoms with E-state index in [9.17, 15) is 4.79 Å². The molecule has 0 aliphatic carbocycles. The highest BCUT2D eigenvalue weighted by molar-refractivity contribution is 6.30. The smallest absolute Gasteiger partial charge is 0.319 e. The number of rotatable bonds is 4. The molecular weight excluding hydrogens is 370 g/mol. The molecule has 0 spiro atoms. The van der Waals surface area contributed by atoms with Crippen LogP contribution < -0.4 is 4.74 Å². The first kappa shape index (κ1) is 19.0. The van der Waals surface area contributed by atoms with E-state index in [0.29, 0.717) is 29.5 Å². The fourth-order valence-corrected chi connectivity index (χ4v) is 3.10. The van der Waals surface area contributed by atoms with E-state index in [1.54, 1.807) is 51.3 Å². The summed E-state index contributed by atoms with van der Waals surface area (Å²) < 4.78 is 5.98. The van der Waals surface area contributed by atoms with Crippen molar-refractivity contribution >= 4 is 28.4 Å². The summed E-state index contributed by atoms with van der Waals surface area (Å²) in [5, 5.41) is 5.62. The molecule has 0 unspecified atom stereocenters. The van der Waals surface area contributed by atoms with Crippen LogP contribution in [0.2, 0.25) is 5.15 Å². The number of carbonyl (C=O) groups is 1. The lowest BCUT2D eigenvalue weighted by Gasteiger charge is -2.40. The summed E-state index contributed by atoms with van der Waals surface area (Å²) in [5.41, 5.74) is 8.77. The second-order valence-electron chi connectivity index (χ2n) is 7.10. The Kier molecular flexibility index (Phi) is 4.99. The van der Waals surface area contributed by atoms with Crippen molar-refractivity contribution < 1.29 is 9.53 Å². The first-order valence-corrected chi connectivity index (χ1v) is 8.74. The van der Waals surface area contributed by atoms with Crippen molar-refractivity contribution in [2.45, 2.75) is 25.5 Å². The van der Waals surface area contributed by atoms with Gasteiger partial charge < -0.3 is 14.5 Å². The molecule has 1 aliphatic rings. The molecular formula is C17H20ClN7O2. The third-order valence-electron chi connectivity index (χ3n) is 4.44. The molecule has 0 N–H and O–H groups in total. The van der Waals surface area contributed by atoms with Crippen LogP contribution in [0.4, 0.5) is 4.79 Å². The highest BCUT2D eigenvalue weighted by Gasteiger charge is 2.34. The van der Waals surface area contributed by atoms with Crippen molar-refractivity contribution in [1.82, 2.24) is 19.8 Å². The molecule has 0 atom stereocenters. The number of halogens is 1. The van der Waals surface area contributed by atoms with Crippen LogP contribution in [0.15, 0.2) is 23.6 Å². The summed E-state index contributed by atoms with van der Waals surface area (Å²) in [7, 11) is 3.43. The molecule has 142 valence electrons. The largest absolute Gasteiger partial charge is 0.470 e. The maximum Gasteiger partial charge on any atom is 0.319 e. The van der Waals surface area contributed by atoms with E-state index in [1.165, 1.54) is 4.90 Å². The van der Waals surface area contributed by atoms with E-state index in [0.717, 1.165) is 10.9 Å². The zero-order valence-electron chi connectivity index (χ0n) is 15.5. The Labute approximate surface area is 161 Å². The second-order valence-corrected chi connectivity index (χ2v) is 7.49. The van der Waals surface area contributed by atoms with E-state index in [-0.39, 0.29) is 12.1 Å². The van der Waals surface area contributed by atoms with Crippen molar-refractivity contribution in [3.05, 3.63) is 39.6 Å². The van der Waals surface area contributed by atoms with Gasteiger partial charge in [-0.1, -0.05) is 30.6 Å². The lowest BCUT2D eigenvalue weighted by Crippen LogP contribution is -2.58. The van der Waals surface area contributed by atoms with Gasteiger partial charge in [-0.25, -0.2) is 14.8 Å². The number of likely N-dealkylation sites (tertiary alicyclic amines) is 1. The fourth-order valence-electron chi connectivity index (χ4n) is 2.94. The minimum absolute atomic E-state index is 0.0485. The SMILES string of the molecule is CN(C)C(=O)N1CC(Oc2ncc(C(C)(C)N=[N+]=[N-])c3cc(Cl)ncc23)C1. The Morgan fingerprint density at radius 3 is 2.70 bits per heavy atom. The second kappa shape index (κ2) is 7.09. The van der Waals surface area contributed by atoms with Crippen LogP contribution in [0.25, 0.3) is 21.2 Å².